The van der Waals surface area contributed by atoms with Gasteiger partial charge in [0.2, 0.25) is 11.8 Å². The number of aryl methyl sites for hydroxylation is 3. The Morgan fingerprint density at radius 1 is 1.12 bits per heavy atom. The van der Waals surface area contributed by atoms with E-state index in [-0.39, 0.29) is 6.54 Å². The summed E-state index contributed by atoms with van der Waals surface area (Å²) in [6.45, 7) is 6.43. The van der Waals surface area contributed by atoms with E-state index in [0.717, 1.165) is 16.7 Å². The molecule has 0 atom stereocenters. The first-order valence-corrected chi connectivity index (χ1v) is 5.22. The predicted octanol–water partition coefficient (Wildman–Crippen LogP) is 2.12. The molecule has 1 aromatic carbocycles. The van der Waals surface area contributed by atoms with Gasteiger partial charge in [0.15, 0.2) is 0 Å². The Kier molecular flexibility index (Phi) is 2.75. The van der Waals surface area contributed by atoms with Crippen LogP contribution in [0.5, 0.6) is 0 Å². The number of aromatic nitrogens is 2. The summed E-state index contributed by atoms with van der Waals surface area (Å²) in [4.78, 5) is 0. The van der Waals surface area contributed by atoms with Crippen molar-refractivity contribution in [3.63, 3.8) is 0 Å². The van der Waals surface area contributed by atoms with Gasteiger partial charge in [-0.1, -0.05) is 17.7 Å². The van der Waals surface area contributed by atoms with Crippen molar-refractivity contribution >= 4 is 0 Å². The topological polar surface area (TPSA) is 64.9 Å². The van der Waals surface area contributed by atoms with Crippen LogP contribution >= 0.6 is 0 Å². The SMILES string of the molecule is Cc1cc(C)c(-c2nnc(CN)o2)c(C)c1. The molecule has 84 valence electrons. The van der Waals surface area contributed by atoms with Crippen molar-refractivity contribution in [1.29, 1.82) is 0 Å². The zero-order valence-corrected chi connectivity index (χ0v) is 9.74. The van der Waals surface area contributed by atoms with E-state index in [1.165, 1.54) is 5.56 Å². The second-order valence-corrected chi connectivity index (χ2v) is 3.98. The fourth-order valence-corrected chi connectivity index (χ4v) is 1.95. The van der Waals surface area contributed by atoms with Crippen LogP contribution in [0.2, 0.25) is 0 Å². The largest absolute Gasteiger partial charge is 0.419 e. The van der Waals surface area contributed by atoms with Crippen LogP contribution in [0, 0.1) is 20.8 Å². The monoisotopic (exact) mass is 217 g/mol. The van der Waals surface area contributed by atoms with Crippen LogP contribution in [-0.2, 0) is 6.54 Å². The molecule has 0 saturated heterocycles. The molecule has 0 aliphatic rings. The van der Waals surface area contributed by atoms with Crippen molar-refractivity contribution in [2.45, 2.75) is 27.3 Å². The molecule has 0 radical (unpaired) electrons. The normalized spacial score (nSPS) is 10.8. The molecule has 0 unspecified atom stereocenters. The van der Waals surface area contributed by atoms with E-state index in [9.17, 15) is 0 Å². The summed E-state index contributed by atoms with van der Waals surface area (Å²) in [6, 6.07) is 4.21. The summed E-state index contributed by atoms with van der Waals surface area (Å²) < 4.78 is 5.47. The lowest BCUT2D eigenvalue weighted by Gasteiger charge is -2.06. The number of nitrogens with two attached hydrogens (primary N) is 1. The van der Waals surface area contributed by atoms with E-state index < -0.39 is 0 Å². The van der Waals surface area contributed by atoms with Crippen LogP contribution in [0.1, 0.15) is 22.6 Å². The number of hydrogen-bond donors (Lipinski definition) is 1. The molecule has 1 heterocycles. The first-order valence-electron chi connectivity index (χ1n) is 5.22. The van der Waals surface area contributed by atoms with Crippen molar-refractivity contribution in [3.05, 3.63) is 34.7 Å². The molecule has 0 aliphatic heterocycles. The highest BCUT2D eigenvalue weighted by Crippen LogP contribution is 2.27. The first kappa shape index (κ1) is 10.8. The van der Waals surface area contributed by atoms with Crippen LogP contribution < -0.4 is 5.73 Å². The molecule has 4 heteroatoms. The van der Waals surface area contributed by atoms with Gasteiger partial charge in [0.05, 0.1) is 6.54 Å². The Hall–Kier alpha value is -1.68. The summed E-state index contributed by atoms with van der Waals surface area (Å²) in [7, 11) is 0. The van der Waals surface area contributed by atoms with Crippen LogP contribution in [-0.4, -0.2) is 10.2 Å². The Labute approximate surface area is 94.5 Å². The number of nitrogens with zero attached hydrogens (tertiary/aromatic N) is 2. The van der Waals surface area contributed by atoms with E-state index in [0.29, 0.717) is 11.8 Å². The summed E-state index contributed by atoms with van der Waals surface area (Å²) in [5.74, 6) is 1.02. The van der Waals surface area contributed by atoms with Gasteiger partial charge in [-0.2, -0.15) is 0 Å². The first-order chi connectivity index (χ1) is 7.61. The fourth-order valence-electron chi connectivity index (χ4n) is 1.95. The molecule has 2 aromatic rings. The molecule has 0 aliphatic carbocycles. The zero-order valence-electron chi connectivity index (χ0n) is 9.74. The lowest BCUT2D eigenvalue weighted by molar-refractivity contribution is 0.508. The Balaban J connectivity index is 2.55. The van der Waals surface area contributed by atoms with Gasteiger partial charge in [0.1, 0.15) is 0 Å². The minimum atomic E-state index is 0.275. The molecule has 0 fully saturated rings. The summed E-state index contributed by atoms with van der Waals surface area (Å²) >= 11 is 0. The summed E-state index contributed by atoms with van der Waals surface area (Å²) in [5, 5.41) is 7.89. The van der Waals surface area contributed by atoms with Crippen LogP contribution in [0.25, 0.3) is 11.5 Å². The molecule has 2 rings (SSSR count). The Morgan fingerprint density at radius 3 is 2.25 bits per heavy atom. The molecule has 0 bridgehead atoms. The van der Waals surface area contributed by atoms with Gasteiger partial charge >= 0.3 is 0 Å². The van der Waals surface area contributed by atoms with Crippen LogP contribution in [0.3, 0.4) is 0 Å². The average Bonchev–Trinajstić information content (AvgIpc) is 2.64. The highest BCUT2D eigenvalue weighted by atomic mass is 16.4. The summed E-state index contributed by atoms with van der Waals surface area (Å²) in [5.41, 5.74) is 9.98. The van der Waals surface area contributed by atoms with Crippen molar-refractivity contribution < 1.29 is 4.42 Å². The smallest absolute Gasteiger partial charge is 0.248 e. The van der Waals surface area contributed by atoms with Crippen LogP contribution in [0.4, 0.5) is 0 Å². The molecule has 0 saturated carbocycles. The highest BCUT2D eigenvalue weighted by Gasteiger charge is 2.13. The Bertz CT molecular complexity index is 494. The second-order valence-electron chi connectivity index (χ2n) is 3.98. The molecule has 0 spiro atoms. The second kappa shape index (κ2) is 4.06. The molecular formula is C12H15N3O. The number of rotatable bonds is 2. The third-order valence-corrected chi connectivity index (χ3v) is 2.53. The quantitative estimate of drug-likeness (QED) is 0.836. The lowest BCUT2D eigenvalue weighted by Crippen LogP contribution is -1.95. The van der Waals surface area contributed by atoms with Crippen LogP contribution in [0.15, 0.2) is 16.5 Å². The van der Waals surface area contributed by atoms with Gasteiger partial charge in [-0.25, -0.2) is 0 Å². The number of benzene rings is 1. The van der Waals surface area contributed by atoms with E-state index in [4.69, 9.17) is 10.2 Å². The van der Waals surface area contributed by atoms with Gasteiger partial charge in [-0.15, -0.1) is 10.2 Å². The predicted molar refractivity (Wildman–Crippen MR) is 61.8 cm³/mol. The van der Waals surface area contributed by atoms with E-state index in [1.807, 2.05) is 13.8 Å². The average molecular weight is 217 g/mol. The highest BCUT2D eigenvalue weighted by molar-refractivity contribution is 5.63. The van der Waals surface area contributed by atoms with Crippen molar-refractivity contribution in [2.24, 2.45) is 5.73 Å². The molecular weight excluding hydrogens is 202 g/mol. The molecule has 16 heavy (non-hydrogen) atoms. The van der Waals surface area contributed by atoms with Gasteiger partial charge in [-0.05, 0) is 31.9 Å². The standard InChI is InChI=1S/C12H15N3O/c1-7-4-8(2)11(9(3)5-7)12-15-14-10(6-13)16-12/h4-5H,6,13H2,1-3H3. The number of hydrogen-bond acceptors (Lipinski definition) is 4. The minimum Gasteiger partial charge on any atom is -0.419 e. The van der Waals surface area contributed by atoms with Gasteiger partial charge < -0.3 is 10.2 Å². The van der Waals surface area contributed by atoms with Gasteiger partial charge in [0, 0.05) is 5.56 Å². The maximum Gasteiger partial charge on any atom is 0.248 e. The third-order valence-electron chi connectivity index (χ3n) is 2.53. The molecule has 4 nitrogen and oxygen atoms in total. The van der Waals surface area contributed by atoms with Crippen molar-refractivity contribution in [2.75, 3.05) is 0 Å². The Morgan fingerprint density at radius 2 is 1.75 bits per heavy atom. The minimum absolute atomic E-state index is 0.275. The van der Waals surface area contributed by atoms with Crippen molar-refractivity contribution in [1.82, 2.24) is 10.2 Å². The van der Waals surface area contributed by atoms with Gasteiger partial charge in [-0.3, -0.25) is 0 Å². The van der Waals surface area contributed by atoms with E-state index in [1.54, 1.807) is 0 Å². The zero-order chi connectivity index (χ0) is 11.7. The third kappa shape index (κ3) is 1.84. The maximum atomic E-state index is 5.47. The van der Waals surface area contributed by atoms with Gasteiger partial charge in [0.25, 0.3) is 0 Å². The lowest BCUT2D eigenvalue weighted by atomic mass is 10.00. The molecule has 0 amide bonds. The molecule has 2 N–H and O–H groups in total. The fraction of sp³-hybridized carbons (Fsp3) is 0.333. The van der Waals surface area contributed by atoms with Crippen molar-refractivity contribution in [3.8, 4) is 11.5 Å². The molecule has 1 aromatic heterocycles. The van der Waals surface area contributed by atoms with E-state index >= 15 is 0 Å². The summed E-state index contributed by atoms with van der Waals surface area (Å²) in [6.07, 6.45) is 0. The van der Waals surface area contributed by atoms with E-state index in [2.05, 4.69) is 29.3 Å². The maximum absolute atomic E-state index is 5.47.